The first kappa shape index (κ1) is 14.7. The van der Waals surface area contributed by atoms with Crippen LogP contribution in [-0.2, 0) is 22.9 Å². The summed E-state index contributed by atoms with van der Waals surface area (Å²) in [6, 6.07) is 6.89. The summed E-state index contributed by atoms with van der Waals surface area (Å²) in [4.78, 5) is 0.340. The SMILES string of the molecule is Cc1noc(C)c1CNCc1ccc(S(C)(=O)=O)cc1. The zero-order chi connectivity index (χ0) is 14.8. The fourth-order valence-corrected chi connectivity index (χ4v) is 2.57. The molecule has 2 rings (SSSR count). The van der Waals surface area contributed by atoms with Crippen molar-refractivity contribution >= 4 is 9.84 Å². The smallest absolute Gasteiger partial charge is 0.175 e. The maximum absolute atomic E-state index is 11.4. The molecule has 1 heterocycles. The van der Waals surface area contributed by atoms with E-state index in [1.165, 1.54) is 6.26 Å². The van der Waals surface area contributed by atoms with Crippen LogP contribution in [0.15, 0.2) is 33.7 Å². The van der Waals surface area contributed by atoms with Crippen LogP contribution in [0.1, 0.15) is 22.6 Å². The third-order valence-electron chi connectivity index (χ3n) is 3.16. The maximum Gasteiger partial charge on any atom is 0.175 e. The minimum absolute atomic E-state index is 0.340. The van der Waals surface area contributed by atoms with Gasteiger partial charge in [-0.25, -0.2) is 8.42 Å². The van der Waals surface area contributed by atoms with E-state index in [0.717, 1.165) is 22.6 Å². The summed E-state index contributed by atoms with van der Waals surface area (Å²) in [6.07, 6.45) is 1.21. The average Bonchev–Trinajstić information content (AvgIpc) is 2.70. The summed E-state index contributed by atoms with van der Waals surface area (Å²) in [7, 11) is -3.13. The number of nitrogens with zero attached hydrogens (tertiary/aromatic N) is 1. The lowest BCUT2D eigenvalue weighted by molar-refractivity contribution is 0.392. The Bertz CT molecular complexity index is 668. The van der Waals surface area contributed by atoms with E-state index < -0.39 is 9.84 Å². The molecule has 0 radical (unpaired) electrons. The molecule has 1 aromatic carbocycles. The Kier molecular flexibility index (Phi) is 4.25. The fourth-order valence-electron chi connectivity index (χ4n) is 1.94. The van der Waals surface area contributed by atoms with E-state index in [0.29, 0.717) is 18.0 Å². The highest BCUT2D eigenvalue weighted by Crippen LogP contribution is 2.13. The van der Waals surface area contributed by atoms with Gasteiger partial charge < -0.3 is 9.84 Å². The summed E-state index contributed by atoms with van der Waals surface area (Å²) in [5, 5.41) is 7.19. The van der Waals surface area contributed by atoms with Crippen molar-refractivity contribution in [2.24, 2.45) is 0 Å². The lowest BCUT2D eigenvalue weighted by Crippen LogP contribution is -2.13. The molecule has 5 nitrogen and oxygen atoms in total. The normalized spacial score (nSPS) is 11.8. The van der Waals surface area contributed by atoms with Crippen LogP contribution in [0.4, 0.5) is 0 Å². The second-order valence-electron chi connectivity index (χ2n) is 4.82. The van der Waals surface area contributed by atoms with Crippen molar-refractivity contribution in [1.29, 1.82) is 0 Å². The standard InChI is InChI=1S/C14H18N2O3S/c1-10-14(11(2)19-16-10)9-15-8-12-4-6-13(7-5-12)20(3,17)18/h4-7,15H,8-9H2,1-3H3. The number of rotatable bonds is 5. The summed E-state index contributed by atoms with van der Waals surface area (Å²) in [5.41, 5.74) is 2.99. The zero-order valence-corrected chi connectivity index (χ0v) is 12.6. The molecule has 1 N–H and O–H groups in total. The lowest BCUT2D eigenvalue weighted by Gasteiger charge is -2.05. The van der Waals surface area contributed by atoms with Crippen LogP contribution in [0.2, 0.25) is 0 Å². The molecule has 0 spiro atoms. The molecule has 20 heavy (non-hydrogen) atoms. The van der Waals surface area contributed by atoms with E-state index in [-0.39, 0.29) is 0 Å². The first-order valence-corrected chi connectivity index (χ1v) is 8.18. The van der Waals surface area contributed by atoms with Crippen molar-refractivity contribution in [1.82, 2.24) is 10.5 Å². The third kappa shape index (κ3) is 3.46. The van der Waals surface area contributed by atoms with Gasteiger partial charge in [0.2, 0.25) is 0 Å². The quantitative estimate of drug-likeness (QED) is 0.913. The van der Waals surface area contributed by atoms with E-state index in [1.807, 2.05) is 26.0 Å². The van der Waals surface area contributed by atoms with Gasteiger partial charge in [0.05, 0.1) is 10.6 Å². The highest BCUT2D eigenvalue weighted by atomic mass is 32.2. The first-order chi connectivity index (χ1) is 9.38. The van der Waals surface area contributed by atoms with Crippen molar-refractivity contribution in [3.63, 3.8) is 0 Å². The number of benzene rings is 1. The van der Waals surface area contributed by atoms with E-state index in [1.54, 1.807) is 12.1 Å². The Hall–Kier alpha value is -1.66. The van der Waals surface area contributed by atoms with Gasteiger partial charge in [-0.15, -0.1) is 0 Å². The summed E-state index contributed by atoms with van der Waals surface area (Å²) in [5.74, 6) is 0.822. The van der Waals surface area contributed by atoms with Gasteiger partial charge in [-0.3, -0.25) is 0 Å². The molecule has 0 saturated heterocycles. The van der Waals surface area contributed by atoms with Crippen LogP contribution < -0.4 is 5.32 Å². The van der Waals surface area contributed by atoms with E-state index in [4.69, 9.17) is 4.52 Å². The number of hydrogen-bond acceptors (Lipinski definition) is 5. The van der Waals surface area contributed by atoms with Gasteiger partial charge in [-0.2, -0.15) is 0 Å². The number of hydrogen-bond donors (Lipinski definition) is 1. The molecule has 0 aliphatic carbocycles. The van der Waals surface area contributed by atoms with Crippen molar-refractivity contribution in [3.05, 3.63) is 46.8 Å². The molecule has 1 aromatic heterocycles. The Morgan fingerprint density at radius 2 is 1.80 bits per heavy atom. The van der Waals surface area contributed by atoms with Crippen LogP contribution in [0.5, 0.6) is 0 Å². The van der Waals surface area contributed by atoms with Crippen molar-refractivity contribution in [2.75, 3.05) is 6.26 Å². The van der Waals surface area contributed by atoms with Crippen LogP contribution >= 0.6 is 0 Å². The third-order valence-corrected chi connectivity index (χ3v) is 4.29. The molecule has 0 bridgehead atoms. The monoisotopic (exact) mass is 294 g/mol. The number of nitrogens with one attached hydrogen (secondary N) is 1. The van der Waals surface area contributed by atoms with Crippen molar-refractivity contribution in [2.45, 2.75) is 31.8 Å². The van der Waals surface area contributed by atoms with Gasteiger partial charge in [-0.1, -0.05) is 17.3 Å². The molecule has 0 fully saturated rings. The van der Waals surface area contributed by atoms with Gasteiger partial charge in [0.25, 0.3) is 0 Å². The predicted octanol–water partition coefficient (Wildman–Crippen LogP) is 1.98. The molecule has 0 aliphatic heterocycles. The Labute approximate surface area is 118 Å². The van der Waals surface area contributed by atoms with E-state index in [2.05, 4.69) is 10.5 Å². The van der Waals surface area contributed by atoms with Gasteiger partial charge in [0, 0.05) is 24.9 Å². The topological polar surface area (TPSA) is 72.2 Å². The van der Waals surface area contributed by atoms with Crippen LogP contribution in [0, 0.1) is 13.8 Å². The molecular formula is C14H18N2O3S. The van der Waals surface area contributed by atoms with E-state index in [9.17, 15) is 8.42 Å². The summed E-state index contributed by atoms with van der Waals surface area (Å²) in [6.45, 7) is 5.13. The molecule has 0 atom stereocenters. The highest BCUT2D eigenvalue weighted by molar-refractivity contribution is 7.90. The lowest BCUT2D eigenvalue weighted by atomic mass is 10.2. The molecule has 0 unspecified atom stereocenters. The van der Waals surface area contributed by atoms with Gasteiger partial charge in [0.1, 0.15) is 5.76 Å². The summed E-state index contributed by atoms with van der Waals surface area (Å²) >= 11 is 0. The Balaban J connectivity index is 1.95. The second-order valence-corrected chi connectivity index (χ2v) is 6.84. The number of aryl methyl sites for hydroxylation is 2. The van der Waals surface area contributed by atoms with Crippen LogP contribution in [0.3, 0.4) is 0 Å². The summed E-state index contributed by atoms with van der Waals surface area (Å²) < 4.78 is 27.8. The van der Waals surface area contributed by atoms with Gasteiger partial charge in [-0.05, 0) is 31.5 Å². The maximum atomic E-state index is 11.4. The Morgan fingerprint density at radius 3 is 2.30 bits per heavy atom. The first-order valence-electron chi connectivity index (χ1n) is 6.29. The molecule has 0 aliphatic rings. The molecular weight excluding hydrogens is 276 g/mol. The average molecular weight is 294 g/mol. The minimum atomic E-state index is -3.13. The zero-order valence-electron chi connectivity index (χ0n) is 11.8. The largest absolute Gasteiger partial charge is 0.361 e. The number of sulfone groups is 1. The minimum Gasteiger partial charge on any atom is -0.361 e. The van der Waals surface area contributed by atoms with Gasteiger partial charge in [0.15, 0.2) is 9.84 Å². The Morgan fingerprint density at radius 1 is 1.15 bits per heavy atom. The van der Waals surface area contributed by atoms with Gasteiger partial charge >= 0.3 is 0 Å². The van der Waals surface area contributed by atoms with E-state index >= 15 is 0 Å². The fraction of sp³-hybridized carbons (Fsp3) is 0.357. The predicted molar refractivity (Wildman–Crippen MR) is 76.1 cm³/mol. The highest BCUT2D eigenvalue weighted by Gasteiger charge is 2.08. The van der Waals surface area contributed by atoms with Crippen molar-refractivity contribution < 1.29 is 12.9 Å². The van der Waals surface area contributed by atoms with Crippen LogP contribution in [0.25, 0.3) is 0 Å². The molecule has 2 aromatic rings. The molecule has 108 valence electrons. The molecule has 6 heteroatoms. The van der Waals surface area contributed by atoms with Crippen molar-refractivity contribution in [3.8, 4) is 0 Å². The molecule has 0 amide bonds. The van der Waals surface area contributed by atoms with Crippen LogP contribution in [-0.4, -0.2) is 19.8 Å². The number of aromatic nitrogens is 1. The molecule has 0 saturated carbocycles. The second kappa shape index (κ2) is 5.76.